The largest absolute Gasteiger partial charge is 0.380 e. The molecule has 1 fully saturated rings. The van der Waals surface area contributed by atoms with Gasteiger partial charge in [0.2, 0.25) is 0 Å². The molecule has 0 aromatic heterocycles. The molecular weight excluding hydrogens is 200 g/mol. The van der Waals surface area contributed by atoms with Gasteiger partial charge in [0.15, 0.2) is 0 Å². The van der Waals surface area contributed by atoms with Gasteiger partial charge in [0.1, 0.15) is 0 Å². The van der Waals surface area contributed by atoms with Crippen LogP contribution >= 0.6 is 0 Å². The molecule has 0 saturated heterocycles. The SMILES string of the molecule is CCOCCN(C)C1CC(C)CCC1C#N. The van der Waals surface area contributed by atoms with Crippen LogP contribution in [0.3, 0.4) is 0 Å². The lowest BCUT2D eigenvalue weighted by Crippen LogP contribution is -2.42. The maximum absolute atomic E-state index is 9.16. The molecular formula is C13H24N2O. The average molecular weight is 224 g/mol. The van der Waals surface area contributed by atoms with Crippen LogP contribution in [0, 0.1) is 23.2 Å². The molecule has 3 nitrogen and oxygen atoms in total. The second kappa shape index (κ2) is 6.88. The molecule has 0 aromatic carbocycles. The van der Waals surface area contributed by atoms with Crippen molar-refractivity contribution in [2.75, 3.05) is 26.8 Å². The zero-order chi connectivity index (χ0) is 12.0. The van der Waals surface area contributed by atoms with Crippen molar-refractivity contribution in [3.63, 3.8) is 0 Å². The second-order valence-electron chi connectivity index (χ2n) is 4.90. The van der Waals surface area contributed by atoms with E-state index in [9.17, 15) is 0 Å². The number of ether oxygens (including phenoxy) is 1. The molecule has 0 bridgehead atoms. The smallest absolute Gasteiger partial charge is 0.0672 e. The topological polar surface area (TPSA) is 36.3 Å². The van der Waals surface area contributed by atoms with Gasteiger partial charge in [-0.25, -0.2) is 0 Å². The Bertz CT molecular complexity index is 237. The highest BCUT2D eigenvalue weighted by Crippen LogP contribution is 2.31. The molecule has 3 heteroatoms. The van der Waals surface area contributed by atoms with Crippen molar-refractivity contribution in [1.29, 1.82) is 5.26 Å². The molecule has 1 aliphatic carbocycles. The Labute approximate surface area is 99.4 Å². The van der Waals surface area contributed by atoms with Crippen LogP contribution in [0.15, 0.2) is 0 Å². The summed E-state index contributed by atoms with van der Waals surface area (Å²) in [6, 6.07) is 2.89. The van der Waals surface area contributed by atoms with Crippen molar-refractivity contribution in [3.05, 3.63) is 0 Å². The van der Waals surface area contributed by atoms with Gasteiger partial charge in [0, 0.05) is 19.2 Å². The molecule has 1 rings (SSSR count). The van der Waals surface area contributed by atoms with E-state index in [1.165, 1.54) is 6.42 Å². The second-order valence-corrected chi connectivity index (χ2v) is 4.90. The third-order valence-corrected chi connectivity index (χ3v) is 3.60. The Hall–Kier alpha value is -0.590. The first-order chi connectivity index (χ1) is 7.69. The Kier molecular flexibility index (Phi) is 5.79. The maximum Gasteiger partial charge on any atom is 0.0672 e. The van der Waals surface area contributed by atoms with E-state index in [2.05, 4.69) is 24.9 Å². The molecule has 0 spiro atoms. The molecule has 0 heterocycles. The van der Waals surface area contributed by atoms with Gasteiger partial charge < -0.3 is 4.74 Å². The number of hydrogen-bond donors (Lipinski definition) is 0. The first-order valence-electron chi connectivity index (χ1n) is 6.36. The highest BCUT2D eigenvalue weighted by atomic mass is 16.5. The lowest BCUT2D eigenvalue weighted by Gasteiger charge is -2.37. The van der Waals surface area contributed by atoms with Crippen molar-refractivity contribution in [3.8, 4) is 6.07 Å². The number of likely N-dealkylation sites (N-methyl/N-ethyl adjacent to an activating group) is 1. The first-order valence-corrected chi connectivity index (χ1v) is 6.36. The van der Waals surface area contributed by atoms with E-state index < -0.39 is 0 Å². The van der Waals surface area contributed by atoms with E-state index in [-0.39, 0.29) is 5.92 Å². The molecule has 92 valence electrons. The van der Waals surface area contributed by atoms with Gasteiger partial charge in [-0.2, -0.15) is 5.26 Å². The summed E-state index contributed by atoms with van der Waals surface area (Å²) in [4.78, 5) is 2.30. The van der Waals surface area contributed by atoms with Gasteiger partial charge in [-0.3, -0.25) is 4.90 Å². The zero-order valence-electron chi connectivity index (χ0n) is 10.8. The van der Waals surface area contributed by atoms with Crippen LogP contribution in [0.25, 0.3) is 0 Å². The summed E-state index contributed by atoms with van der Waals surface area (Å²) >= 11 is 0. The third-order valence-electron chi connectivity index (χ3n) is 3.60. The molecule has 1 saturated carbocycles. The highest BCUT2D eigenvalue weighted by Gasteiger charge is 2.31. The fraction of sp³-hybridized carbons (Fsp3) is 0.923. The van der Waals surface area contributed by atoms with E-state index in [1.807, 2.05) is 6.92 Å². The number of nitrogens with zero attached hydrogens (tertiary/aromatic N) is 2. The van der Waals surface area contributed by atoms with Crippen molar-refractivity contribution in [1.82, 2.24) is 4.90 Å². The monoisotopic (exact) mass is 224 g/mol. The summed E-state index contributed by atoms with van der Waals surface area (Å²) in [6.45, 7) is 6.79. The van der Waals surface area contributed by atoms with Crippen molar-refractivity contribution in [2.45, 2.75) is 39.2 Å². The predicted molar refractivity (Wildman–Crippen MR) is 65.0 cm³/mol. The number of hydrogen-bond acceptors (Lipinski definition) is 3. The van der Waals surface area contributed by atoms with E-state index >= 15 is 0 Å². The maximum atomic E-state index is 9.16. The molecule has 1 aliphatic rings. The summed E-state index contributed by atoms with van der Waals surface area (Å²) < 4.78 is 5.37. The molecule has 0 aliphatic heterocycles. The van der Waals surface area contributed by atoms with Gasteiger partial charge in [0.05, 0.1) is 18.6 Å². The van der Waals surface area contributed by atoms with Crippen LogP contribution in [0.5, 0.6) is 0 Å². The Morgan fingerprint density at radius 3 is 2.81 bits per heavy atom. The number of rotatable bonds is 5. The van der Waals surface area contributed by atoms with Crippen LogP contribution in [-0.4, -0.2) is 37.7 Å². The summed E-state index contributed by atoms with van der Waals surface area (Å²) in [6.07, 6.45) is 3.41. The van der Waals surface area contributed by atoms with Gasteiger partial charge in [0.25, 0.3) is 0 Å². The van der Waals surface area contributed by atoms with Crippen LogP contribution in [0.4, 0.5) is 0 Å². The van der Waals surface area contributed by atoms with Crippen molar-refractivity contribution >= 4 is 0 Å². The fourth-order valence-corrected chi connectivity index (χ4v) is 2.51. The predicted octanol–water partition coefficient (Wildman–Crippen LogP) is 2.28. The van der Waals surface area contributed by atoms with Crippen LogP contribution in [-0.2, 0) is 4.74 Å². The van der Waals surface area contributed by atoms with Crippen molar-refractivity contribution < 1.29 is 4.74 Å². The van der Waals surface area contributed by atoms with Crippen LogP contribution < -0.4 is 0 Å². The van der Waals surface area contributed by atoms with E-state index in [1.54, 1.807) is 0 Å². The fourth-order valence-electron chi connectivity index (χ4n) is 2.51. The summed E-state index contributed by atoms with van der Waals surface area (Å²) in [5.74, 6) is 0.965. The molecule has 16 heavy (non-hydrogen) atoms. The first kappa shape index (κ1) is 13.5. The normalized spacial score (nSPS) is 30.3. The summed E-state index contributed by atoms with van der Waals surface area (Å²) in [5.41, 5.74) is 0. The van der Waals surface area contributed by atoms with E-state index in [4.69, 9.17) is 10.00 Å². The zero-order valence-corrected chi connectivity index (χ0v) is 10.8. The summed E-state index contributed by atoms with van der Waals surface area (Å²) in [7, 11) is 2.12. The summed E-state index contributed by atoms with van der Waals surface area (Å²) in [5, 5.41) is 9.16. The van der Waals surface area contributed by atoms with Gasteiger partial charge in [-0.05, 0) is 39.2 Å². The van der Waals surface area contributed by atoms with Gasteiger partial charge in [-0.1, -0.05) is 6.92 Å². The Morgan fingerprint density at radius 1 is 1.44 bits per heavy atom. The average Bonchev–Trinajstić information content (AvgIpc) is 2.29. The highest BCUT2D eigenvalue weighted by molar-refractivity contribution is 4.96. The number of nitriles is 1. The van der Waals surface area contributed by atoms with Crippen LogP contribution in [0.1, 0.15) is 33.1 Å². The van der Waals surface area contributed by atoms with E-state index in [0.717, 1.165) is 38.5 Å². The van der Waals surface area contributed by atoms with Gasteiger partial charge in [-0.15, -0.1) is 0 Å². The lowest BCUT2D eigenvalue weighted by atomic mass is 9.79. The van der Waals surface area contributed by atoms with Gasteiger partial charge >= 0.3 is 0 Å². The minimum absolute atomic E-state index is 0.211. The van der Waals surface area contributed by atoms with E-state index in [0.29, 0.717) is 6.04 Å². The molecule has 0 N–H and O–H groups in total. The lowest BCUT2D eigenvalue weighted by molar-refractivity contribution is 0.0773. The molecule has 0 aromatic rings. The van der Waals surface area contributed by atoms with Crippen molar-refractivity contribution in [2.24, 2.45) is 11.8 Å². The molecule has 3 atom stereocenters. The minimum Gasteiger partial charge on any atom is -0.380 e. The third kappa shape index (κ3) is 3.77. The minimum atomic E-state index is 0.211. The molecule has 0 amide bonds. The Balaban J connectivity index is 2.44. The quantitative estimate of drug-likeness (QED) is 0.672. The standard InChI is InChI=1S/C13H24N2O/c1-4-16-8-7-15(3)13-9-11(2)5-6-12(13)10-14/h11-13H,4-9H2,1-3H3. The molecule has 3 unspecified atom stereocenters. The van der Waals surface area contributed by atoms with Crippen LogP contribution in [0.2, 0.25) is 0 Å². The Morgan fingerprint density at radius 2 is 2.19 bits per heavy atom. The molecule has 0 radical (unpaired) electrons.